The molecular formula is C15H19BrFN. The Balaban J connectivity index is 1.69. The van der Waals surface area contributed by atoms with Crippen molar-refractivity contribution >= 4 is 15.9 Å². The Morgan fingerprint density at radius 1 is 1.33 bits per heavy atom. The predicted molar refractivity (Wildman–Crippen MR) is 74.9 cm³/mol. The van der Waals surface area contributed by atoms with Crippen LogP contribution in [-0.4, -0.2) is 6.04 Å². The molecule has 2 aliphatic rings. The molecule has 2 saturated carbocycles. The minimum Gasteiger partial charge on any atom is -0.307 e. The fourth-order valence-electron chi connectivity index (χ4n) is 3.71. The molecule has 1 N–H and O–H groups in total. The lowest BCUT2D eigenvalue weighted by Crippen LogP contribution is -2.35. The van der Waals surface area contributed by atoms with Gasteiger partial charge in [-0.05, 0) is 55.7 Å². The number of nitrogens with one attached hydrogen (secondary N) is 1. The third-order valence-corrected chi connectivity index (χ3v) is 5.32. The quantitative estimate of drug-likeness (QED) is 0.871. The van der Waals surface area contributed by atoms with Crippen LogP contribution in [0.1, 0.15) is 44.2 Å². The molecule has 1 aromatic rings. The standard InChI is InChI=1S/C15H19BrFN/c1-9(13-5-4-12(17)8-14(13)16)18-15-7-10-2-3-11(15)6-10/h4-5,8-11,15,18H,2-3,6-7H2,1H3. The van der Waals surface area contributed by atoms with Gasteiger partial charge in [-0.1, -0.05) is 28.4 Å². The molecule has 3 heteroatoms. The maximum absolute atomic E-state index is 13.1. The second kappa shape index (κ2) is 4.93. The molecule has 98 valence electrons. The van der Waals surface area contributed by atoms with E-state index < -0.39 is 0 Å². The number of halogens is 2. The molecule has 18 heavy (non-hydrogen) atoms. The van der Waals surface area contributed by atoms with E-state index in [2.05, 4.69) is 28.2 Å². The van der Waals surface area contributed by atoms with Crippen molar-refractivity contribution in [1.82, 2.24) is 5.32 Å². The van der Waals surface area contributed by atoms with Crippen LogP contribution in [0.3, 0.4) is 0 Å². The van der Waals surface area contributed by atoms with E-state index in [1.807, 2.05) is 6.07 Å². The van der Waals surface area contributed by atoms with E-state index in [9.17, 15) is 4.39 Å². The smallest absolute Gasteiger partial charge is 0.124 e. The largest absolute Gasteiger partial charge is 0.307 e. The lowest BCUT2D eigenvalue weighted by molar-refractivity contribution is 0.326. The van der Waals surface area contributed by atoms with E-state index >= 15 is 0 Å². The van der Waals surface area contributed by atoms with Crippen molar-refractivity contribution in [2.45, 2.75) is 44.7 Å². The van der Waals surface area contributed by atoms with Gasteiger partial charge in [-0.3, -0.25) is 0 Å². The van der Waals surface area contributed by atoms with Gasteiger partial charge in [0.2, 0.25) is 0 Å². The predicted octanol–water partition coefficient (Wildman–Crippen LogP) is 4.43. The van der Waals surface area contributed by atoms with Crippen molar-refractivity contribution < 1.29 is 4.39 Å². The lowest BCUT2D eigenvalue weighted by Gasteiger charge is -2.27. The average Bonchev–Trinajstić information content (AvgIpc) is 2.90. The zero-order valence-corrected chi connectivity index (χ0v) is 12.2. The van der Waals surface area contributed by atoms with Crippen molar-refractivity contribution in [2.75, 3.05) is 0 Å². The molecule has 4 atom stereocenters. The Morgan fingerprint density at radius 2 is 2.17 bits per heavy atom. The molecule has 2 bridgehead atoms. The monoisotopic (exact) mass is 311 g/mol. The maximum atomic E-state index is 13.1. The van der Waals surface area contributed by atoms with Gasteiger partial charge in [0, 0.05) is 16.6 Å². The summed E-state index contributed by atoms with van der Waals surface area (Å²) >= 11 is 3.46. The Kier molecular flexibility index (Phi) is 3.46. The van der Waals surface area contributed by atoms with Gasteiger partial charge in [0.1, 0.15) is 5.82 Å². The van der Waals surface area contributed by atoms with Crippen LogP contribution in [0.2, 0.25) is 0 Å². The van der Waals surface area contributed by atoms with Crippen molar-refractivity contribution in [1.29, 1.82) is 0 Å². The highest BCUT2D eigenvalue weighted by Crippen LogP contribution is 2.45. The number of hydrogen-bond acceptors (Lipinski definition) is 1. The van der Waals surface area contributed by atoms with Crippen LogP contribution < -0.4 is 5.32 Å². The Bertz CT molecular complexity index is 448. The number of rotatable bonds is 3. The summed E-state index contributed by atoms with van der Waals surface area (Å²) in [5.74, 6) is 1.64. The highest BCUT2D eigenvalue weighted by atomic mass is 79.9. The van der Waals surface area contributed by atoms with Gasteiger partial charge in [-0.2, -0.15) is 0 Å². The van der Waals surface area contributed by atoms with Crippen LogP contribution in [-0.2, 0) is 0 Å². The van der Waals surface area contributed by atoms with E-state index in [0.29, 0.717) is 6.04 Å². The molecule has 0 saturated heterocycles. The van der Waals surface area contributed by atoms with Crippen LogP contribution in [0.5, 0.6) is 0 Å². The molecule has 0 aromatic heterocycles. The fraction of sp³-hybridized carbons (Fsp3) is 0.600. The number of benzene rings is 1. The minimum absolute atomic E-state index is 0.183. The summed E-state index contributed by atoms with van der Waals surface area (Å²) in [6.07, 6.45) is 5.56. The van der Waals surface area contributed by atoms with Gasteiger partial charge in [0.25, 0.3) is 0 Å². The van der Waals surface area contributed by atoms with E-state index in [1.165, 1.54) is 25.7 Å². The first kappa shape index (κ1) is 12.6. The second-order valence-corrected chi connectivity index (χ2v) is 6.69. The number of hydrogen-bond donors (Lipinski definition) is 1. The highest BCUT2D eigenvalue weighted by Gasteiger charge is 2.39. The van der Waals surface area contributed by atoms with Crippen molar-refractivity contribution in [3.63, 3.8) is 0 Å². The zero-order chi connectivity index (χ0) is 12.7. The maximum Gasteiger partial charge on any atom is 0.124 e. The SMILES string of the molecule is CC(NC1CC2CCC1C2)c1ccc(F)cc1Br. The Hall–Kier alpha value is -0.410. The average molecular weight is 312 g/mol. The van der Waals surface area contributed by atoms with Crippen LogP contribution in [0.4, 0.5) is 4.39 Å². The second-order valence-electron chi connectivity index (χ2n) is 5.84. The van der Waals surface area contributed by atoms with Gasteiger partial charge >= 0.3 is 0 Å². The topological polar surface area (TPSA) is 12.0 Å². The molecule has 0 radical (unpaired) electrons. The summed E-state index contributed by atoms with van der Waals surface area (Å²) in [7, 11) is 0. The first-order valence-corrected chi connectivity index (χ1v) is 7.64. The highest BCUT2D eigenvalue weighted by molar-refractivity contribution is 9.10. The van der Waals surface area contributed by atoms with Gasteiger partial charge in [0.05, 0.1) is 0 Å². The minimum atomic E-state index is -0.183. The molecule has 0 aliphatic heterocycles. The van der Waals surface area contributed by atoms with E-state index in [4.69, 9.17) is 0 Å². The fourth-order valence-corrected chi connectivity index (χ4v) is 4.41. The third kappa shape index (κ3) is 2.35. The van der Waals surface area contributed by atoms with E-state index in [0.717, 1.165) is 21.9 Å². The van der Waals surface area contributed by atoms with Crippen molar-refractivity contribution in [3.8, 4) is 0 Å². The molecule has 4 unspecified atom stereocenters. The normalized spacial score (nSPS) is 31.8. The van der Waals surface area contributed by atoms with Gasteiger partial charge in [-0.15, -0.1) is 0 Å². The molecule has 1 aromatic carbocycles. The summed E-state index contributed by atoms with van der Waals surface area (Å²) in [6.45, 7) is 2.17. The van der Waals surface area contributed by atoms with Gasteiger partial charge < -0.3 is 5.32 Å². The molecule has 2 aliphatic carbocycles. The molecule has 0 spiro atoms. The lowest BCUT2D eigenvalue weighted by atomic mass is 9.94. The molecule has 0 amide bonds. The summed E-state index contributed by atoms with van der Waals surface area (Å²) < 4.78 is 14.0. The van der Waals surface area contributed by atoms with Crippen LogP contribution in [0.25, 0.3) is 0 Å². The summed E-state index contributed by atoms with van der Waals surface area (Å²) in [6, 6.07) is 5.91. The Morgan fingerprint density at radius 3 is 2.78 bits per heavy atom. The molecular weight excluding hydrogens is 293 g/mol. The van der Waals surface area contributed by atoms with Gasteiger partial charge in [-0.25, -0.2) is 4.39 Å². The Labute approximate surface area is 116 Å². The van der Waals surface area contributed by atoms with Crippen LogP contribution >= 0.6 is 15.9 Å². The first-order valence-electron chi connectivity index (χ1n) is 6.84. The zero-order valence-electron chi connectivity index (χ0n) is 10.6. The van der Waals surface area contributed by atoms with Crippen LogP contribution in [0.15, 0.2) is 22.7 Å². The molecule has 1 nitrogen and oxygen atoms in total. The van der Waals surface area contributed by atoms with Gasteiger partial charge in [0.15, 0.2) is 0 Å². The third-order valence-electron chi connectivity index (χ3n) is 4.63. The molecule has 2 fully saturated rings. The summed E-state index contributed by atoms with van der Waals surface area (Å²) in [5.41, 5.74) is 1.15. The first-order chi connectivity index (χ1) is 8.63. The molecule has 0 heterocycles. The number of fused-ring (bicyclic) bond motifs is 2. The van der Waals surface area contributed by atoms with Crippen LogP contribution in [0, 0.1) is 17.7 Å². The summed E-state index contributed by atoms with van der Waals surface area (Å²) in [5, 5.41) is 3.73. The van der Waals surface area contributed by atoms with Crippen molar-refractivity contribution in [3.05, 3.63) is 34.1 Å². The molecule has 3 rings (SSSR count). The summed E-state index contributed by atoms with van der Waals surface area (Å²) in [4.78, 5) is 0. The van der Waals surface area contributed by atoms with E-state index in [1.54, 1.807) is 12.1 Å². The van der Waals surface area contributed by atoms with Crippen molar-refractivity contribution in [2.24, 2.45) is 11.8 Å². The van der Waals surface area contributed by atoms with E-state index in [-0.39, 0.29) is 11.9 Å².